The molecule has 31 heavy (non-hydrogen) atoms. The Morgan fingerprint density at radius 1 is 0.774 bits per heavy atom. The molecule has 0 nitrogen and oxygen atoms in total. The third-order valence-corrected chi connectivity index (χ3v) is 10.8. The van der Waals surface area contributed by atoms with Crippen LogP contribution in [0.25, 0.3) is 11.4 Å². The van der Waals surface area contributed by atoms with E-state index in [9.17, 15) is 0 Å². The molecule has 0 radical (unpaired) electrons. The standard InChI is InChI=1S/C16H14P.C11H11.2FH.Ti/c1-12-11-13-7-5-6-10-15(13)16(12)17-14-8-3-2-4-9-14;1-8-6-7-9(2)11-5-3-4-10(8)11;;;/h2-11,17H,1H3;3-7H,1-2H3;2*1H;/q;;;;+2/p-2. The molecule has 3 atom stereocenters. The Balaban J connectivity index is 0.00000136. The number of hydrogen-bond acceptors (Lipinski definition) is 0. The van der Waals surface area contributed by atoms with Gasteiger partial charge in [0.15, 0.2) is 0 Å². The smallest absolute Gasteiger partial charge is 1.00 e. The fraction of sp³-hybridized carbons (Fsp3) is 0.185. The molecule has 3 unspecified atom stereocenters. The third-order valence-electron chi connectivity index (χ3n) is 6.25. The zero-order valence-electron chi connectivity index (χ0n) is 17.9. The first-order valence-corrected chi connectivity index (χ1v) is 13.1. The van der Waals surface area contributed by atoms with E-state index in [1.807, 2.05) is 0 Å². The number of aryl methyl sites for hydroxylation is 2. The van der Waals surface area contributed by atoms with E-state index in [0.717, 1.165) is 8.58 Å². The van der Waals surface area contributed by atoms with Crippen LogP contribution in [-0.4, -0.2) is 0 Å². The van der Waals surface area contributed by atoms with Gasteiger partial charge >= 0.3 is 185 Å². The Bertz CT molecular complexity index is 1150. The predicted octanol–water partition coefficient (Wildman–Crippen LogP) is 0.952. The molecule has 0 spiro atoms. The summed E-state index contributed by atoms with van der Waals surface area (Å²) in [6.45, 7) is 6.94. The molecule has 2 aliphatic carbocycles. The van der Waals surface area contributed by atoms with Crippen LogP contribution in [0.1, 0.15) is 48.7 Å². The maximum Gasteiger partial charge on any atom is -1.00 e. The molecule has 5 rings (SSSR count). The maximum atomic E-state index is 2.50. The second-order valence-electron chi connectivity index (χ2n) is 8.10. The number of halogens is 2. The molecular formula is C27H25F2PTi. The summed E-state index contributed by atoms with van der Waals surface area (Å²) in [5, 5.41) is 3.03. The largest absolute Gasteiger partial charge is 1.00 e. The van der Waals surface area contributed by atoms with Crippen LogP contribution >= 0.6 is 8.58 Å². The van der Waals surface area contributed by atoms with Crippen molar-refractivity contribution in [2.45, 2.75) is 29.2 Å². The summed E-state index contributed by atoms with van der Waals surface area (Å²) in [6, 6.07) is 24.7. The van der Waals surface area contributed by atoms with Gasteiger partial charge in [-0.2, -0.15) is 0 Å². The van der Waals surface area contributed by atoms with Gasteiger partial charge in [-0.3, -0.25) is 0 Å². The van der Waals surface area contributed by atoms with Crippen LogP contribution in [0, 0.1) is 13.8 Å². The Morgan fingerprint density at radius 2 is 1.45 bits per heavy atom. The van der Waals surface area contributed by atoms with E-state index in [1.165, 1.54) is 27.6 Å². The molecule has 156 valence electrons. The van der Waals surface area contributed by atoms with E-state index in [2.05, 4.69) is 99.7 Å². The molecule has 0 amide bonds. The summed E-state index contributed by atoms with van der Waals surface area (Å²) in [5.41, 5.74) is 10.7. The minimum absolute atomic E-state index is 0. The SMILES string of the molecule is CC1=C(Pc2ccccc2)c2ccccc2[CH]1[Ti+2][CH]1C=Cc2c(C)ccc(C)c21.[F-].[F-]. The molecule has 0 fully saturated rings. The van der Waals surface area contributed by atoms with Gasteiger partial charge < -0.3 is 9.41 Å². The first kappa shape index (κ1) is 23.8. The summed E-state index contributed by atoms with van der Waals surface area (Å²) in [4.78, 5) is 0. The summed E-state index contributed by atoms with van der Waals surface area (Å²) in [7, 11) is 0.745. The van der Waals surface area contributed by atoms with E-state index in [-0.39, 0.29) is 28.6 Å². The molecule has 2 aliphatic rings. The van der Waals surface area contributed by atoms with E-state index >= 15 is 0 Å². The van der Waals surface area contributed by atoms with Gasteiger partial charge in [0, 0.05) is 0 Å². The van der Waals surface area contributed by atoms with Crippen molar-refractivity contribution in [3.63, 3.8) is 0 Å². The van der Waals surface area contributed by atoms with Crippen LogP contribution in [0.3, 0.4) is 0 Å². The number of allylic oxidation sites excluding steroid dienone is 2. The topological polar surface area (TPSA) is 0 Å². The Labute approximate surface area is 194 Å². The van der Waals surface area contributed by atoms with Gasteiger partial charge in [0.25, 0.3) is 0 Å². The Kier molecular flexibility index (Phi) is 7.48. The predicted molar refractivity (Wildman–Crippen MR) is 124 cm³/mol. The molecule has 3 aromatic carbocycles. The summed E-state index contributed by atoms with van der Waals surface area (Å²) in [5.74, 6) is 0. The van der Waals surface area contributed by atoms with Gasteiger partial charge in [-0.05, 0) is 0 Å². The van der Waals surface area contributed by atoms with E-state index in [1.54, 1.807) is 22.0 Å². The molecule has 0 aromatic heterocycles. The van der Waals surface area contributed by atoms with Crippen LogP contribution < -0.4 is 14.7 Å². The summed E-state index contributed by atoms with van der Waals surface area (Å²) >= 11 is -0.243. The van der Waals surface area contributed by atoms with Crippen molar-refractivity contribution in [1.82, 2.24) is 0 Å². The fourth-order valence-electron chi connectivity index (χ4n) is 4.71. The van der Waals surface area contributed by atoms with Crippen LogP contribution in [0.5, 0.6) is 0 Å². The minimum atomic E-state index is -0.243. The summed E-state index contributed by atoms with van der Waals surface area (Å²) in [6.07, 6.45) is 4.89. The van der Waals surface area contributed by atoms with Crippen molar-refractivity contribution in [3.05, 3.63) is 112 Å². The van der Waals surface area contributed by atoms with Crippen molar-refractivity contribution in [2.75, 3.05) is 0 Å². The molecular weight excluding hydrogens is 441 g/mol. The van der Waals surface area contributed by atoms with Crippen LogP contribution in [-0.2, 0) is 19.2 Å². The quantitative estimate of drug-likeness (QED) is 0.397. The van der Waals surface area contributed by atoms with Crippen molar-refractivity contribution >= 4 is 25.3 Å². The van der Waals surface area contributed by atoms with Crippen molar-refractivity contribution in [1.29, 1.82) is 0 Å². The van der Waals surface area contributed by atoms with Crippen LogP contribution in [0.2, 0.25) is 0 Å². The first-order valence-electron chi connectivity index (χ1n) is 10.3. The molecule has 0 bridgehead atoms. The van der Waals surface area contributed by atoms with Gasteiger partial charge in [-0.25, -0.2) is 0 Å². The van der Waals surface area contributed by atoms with Crippen LogP contribution in [0.4, 0.5) is 0 Å². The molecule has 4 heteroatoms. The molecule has 3 aromatic rings. The third kappa shape index (κ3) is 4.27. The number of benzene rings is 3. The second kappa shape index (κ2) is 9.74. The first-order chi connectivity index (χ1) is 14.1. The number of hydrogen-bond donors (Lipinski definition) is 0. The van der Waals surface area contributed by atoms with E-state index < -0.39 is 0 Å². The zero-order valence-corrected chi connectivity index (χ0v) is 20.5. The number of rotatable bonds is 4. The molecule has 0 saturated heterocycles. The summed E-state index contributed by atoms with van der Waals surface area (Å²) < 4.78 is 1.27. The van der Waals surface area contributed by atoms with Crippen molar-refractivity contribution in [3.8, 4) is 0 Å². The van der Waals surface area contributed by atoms with Gasteiger partial charge in [0.05, 0.1) is 0 Å². The molecule has 0 saturated carbocycles. The monoisotopic (exact) mass is 466 g/mol. The molecule has 0 N–H and O–H groups in total. The normalized spacial score (nSPS) is 18.4. The van der Waals surface area contributed by atoms with E-state index in [0.29, 0.717) is 8.45 Å². The fourth-order valence-corrected chi connectivity index (χ4v) is 9.32. The van der Waals surface area contributed by atoms with Gasteiger partial charge in [-0.15, -0.1) is 0 Å². The van der Waals surface area contributed by atoms with Crippen LogP contribution in [0.15, 0.2) is 78.4 Å². The average molecular weight is 466 g/mol. The Morgan fingerprint density at radius 3 is 2.23 bits per heavy atom. The molecule has 0 heterocycles. The van der Waals surface area contributed by atoms with E-state index in [4.69, 9.17) is 0 Å². The maximum absolute atomic E-state index is 2.50. The Hall–Kier alpha value is -1.86. The van der Waals surface area contributed by atoms with Gasteiger partial charge in [-0.1, -0.05) is 0 Å². The zero-order chi connectivity index (χ0) is 20.0. The molecule has 0 aliphatic heterocycles. The number of fused-ring (bicyclic) bond motifs is 2. The van der Waals surface area contributed by atoms with Gasteiger partial charge in [0.1, 0.15) is 0 Å². The average Bonchev–Trinajstić information content (AvgIpc) is 3.28. The van der Waals surface area contributed by atoms with Crippen molar-refractivity contribution < 1.29 is 28.6 Å². The van der Waals surface area contributed by atoms with Gasteiger partial charge in [0.2, 0.25) is 0 Å². The second-order valence-corrected chi connectivity index (χ2v) is 11.8. The van der Waals surface area contributed by atoms with Crippen molar-refractivity contribution in [2.24, 2.45) is 0 Å². The minimum Gasteiger partial charge on any atom is -1.00 e.